The standard InChI is InChI=1S/C27H19BrClN3O7/c1-38-26(36)15-2-9-20(10-3-15)32-25(35)21(24(34)31-27(32)37)13-16-12-17(28)4-11-22(16)39-14-23(33)30-19-7-5-18(29)6-8-19/h2-13H,14H2,1H3,(H,30,33)(H,31,34,37)/b21-13+. The van der Waals surface area contributed by atoms with Crippen molar-refractivity contribution in [3.8, 4) is 5.75 Å². The summed E-state index contributed by atoms with van der Waals surface area (Å²) >= 11 is 9.20. The maximum absolute atomic E-state index is 13.3. The van der Waals surface area contributed by atoms with Crippen LogP contribution in [0.3, 0.4) is 0 Å². The van der Waals surface area contributed by atoms with Gasteiger partial charge in [0.05, 0.1) is 18.4 Å². The fourth-order valence-electron chi connectivity index (χ4n) is 3.55. The molecule has 0 saturated carbocycles. The van der Waals surface area contributed by atoms with E-state index >= 15 is 0 Å². The number of ether oxygens (including phenoxy) is 2. The third kappa shape index (κ3) is 6.51. The Bertz CT molecular complexity index is 1500. The zero-order chi connectivity index (χ0) is 28.1. The van der Waals surface area contributed by atoms with Gasteiger partial charge in [-0.2, -0.15) is 0 Å². The molecule has 0 unspecified atom stereocenters. The van der Waals surface area contributed by atoms with E-state index in [-0.39, 0.29) is 29.2 Å². The first kappa shape index (κ1) is 27.6. The number of carbonyl (C=O) groups excluding carboxylic acids is 5. The van der Waals surface area contributed by atoms with Crippen LogP contribution >= 0.6 is 27.5 Å². The Kier molecular flexibility index (Phi) is 8.43. The monoisotopic (exact) mass is 611 g/mol. The van der Waals surface area contributed by atoms with E-state index in [1.165, 1.54) is 37.5 Å². The highest BCUT2D eigenvalue weighted by Gasteiger charge is 2.37. The molecule has 1 saturated heterocycles. The second-order valence-electron chi connectivity index (χ2n) is 8.02. The molecule has 1 fully saturated rings. The van der Waals surface area contributed by atoms with Gasteiger partial charge < -0.3 is 14.8 Å². The molecule has 3 aromatic rings. The highest BCUT2D eigenvalue weighted by atomic mass is 79.9. The van der Waals surface area contributed by atoms with E-state index in [0.29, 0.717) is 20.7 Å². The van der Waals surface area contributed by atoms with Gasteiger partial charge >= 0.3 is 12.0 Å². The fraction of sp³-hybridized carbons (Fsp3) is 0.0741. The molecule has 198 valence electrons. The van der Waals surface area contributed by atoms with Gasteiger partial charge in [-0.25, -0.2) is 14.5 Å². The smallest absolute Gasteiger partial charge is 0.337 e. The Balaban J connectivity index is 1.57. The van der Waals surface area contributed by atoms with E-state index in [1.54, 1.807) is 42.5 Å². The average Bonchev–Trinajstić information content (AvgIpc) is 2.91. The van der Waals surface area contributed by atoms with Gasteiger partial charge in [-0.3, -0.25) is 19.7 Å². The SMILES string of the molecule is COC(=O)c1ccc(N2C(=O)NC(=O)/C(=C\c3cc(Br)ccc3OCC(=O)Nc3ccc(Cl)cc3)C2=O)cc1. The number of urea groups is 1. The Morgan fingerprint density at radius 1 is 1.03 bits per heavy atom. The molecule has 10 nitrogen and oxygen atoms in total. The van der Waals surface area contributed by atoms with Crippen LogP contribution in [0, 0.1) is 0 Å². The summed E-state index contributed by atoms with van der Waals surface area (Å²) in [4.78, 5) is 63.3. The van der Waals surface area contributed by atoms with E-state index < -0.39 is 29.7 Å². The largest absolute Gasteiger partial charge is 0.483 e. The zero-order valence-electron chi connectivity index (χ0n) is 20.2. The van der Waals surface area contributed by atoms with Gasteiger partial charge in [0.15, 0.2) is 6.61 Å². The number of benzene rings is 3. The van der Waals surface area contributed by atoms with Crippen LogP contribution in [0.4, 0.5) is 16.2 Å². The van der Waals surface area contributed by atoms with Crippen LogP contribution in [-0.2, 0) is 19.1 Å². The molecule has 0 bridgehead atoms. The van der Waals surface area contributed by atoms with Gasteiger partial charge in [-0.15, -0.1) is 0 Å². The summed E-state index contributed by atoms with van der Waals surface area (Å²) in [6, 6.07) is 15.9. The van der Waals surface area contributed by atoms with Crippen molar-refractivity contribution >= 4 is 74.7 Å². The molecule has 1 aliphatic rings. The summed E-state index contributed by atoms with van der Waals surface area (Å²) in [6.07, 6.45) is 1.26. The van der Waals surface area contributed by atoms with Gasteiger partial charge in [0.25, 0.3) is 17.7 Å². The minimum Gasteiger partial charge on any atom is -0.483 e. The molecule has 0 aliphatic carbocycles. The number of carbonyl (C=O) groups is 5. The van der Waals surface area contributed by atoms with Gasteiger partial charge in [-0.1, -0.05) is 27.5 Å². The maximum Gasteiger partial charge on any atom is 0.337 e. The van der Waals surface area contributed by atoms with Gasteiger partial charge in [-0.05, 0) is 72.8 Å². The molecule has 0 radical (unpaired) electrons. The van der Waals surface area contributed by atoms with E-state index in [0.717, 1.165) is 4.90 Å². The quantitative estimate of drug-likeness (QED) is 0.227. The van der Waals surface area contributed by atoms with E-state index in [9.17, 15) is 24.0 Å². The van der Waals surface area contributed by atoms with E-state index in [2.05, 4.69) is 31.3 Å². The molecule has 0 spiro atoms. The molecule has 1 aliphatic heterocycles. The van der Waals surface area contributed by atoms with Crippen molar-refractivity contribution < 1.29 is 33.4 Å². The number of methoxy groups -OCH3 is 1. The molecular weight excluding hydrogens is 594 g/mol. The summed E-state index contributed by atoms with van der Waals surface area (Å²) in [7, 11) is 1.23. The Morgan fingerprint density at radius 3 is 2.38 bits per heavy atom. The summed E-state index contributed by atoms with van der Waals surface area (Å²) < 4.78 is 10.9. The molecule has 39 heavy (non-hydrogen) atoms. The number of nitrogens with one attached hydrogen (secondary N) is 2. The molecule has 1 heterocycles. The number of rotatable bonds is 7. The third-order valence-corrected chi connectivity index (χ3v) is 6.15. The number of imide groups is 2. The van der Waals surface area contributed by atoms with Crippen molar-refractivity contribution in [2.24, 2.45) is 0 Å². The van der Waals surface area contributed by atoms with Crippen molar-refractivity contribution in [1.29, 1.82) is 0 Å². The van der Waals surface area contributed by atoms with Crippen LogP contribution in [0.15, 0.2) is 76.8 Å². The van der Waals surface area contributed by atoms with Crippen LogP contribution in [0.5, 0.6) is 5.75 Å². The van der Waals surface area contributed by atoms with Crippen molar-refractivity contribution in [1.82, 2.24) is 5.32 Å². The third-order valence-electron chi connectivity index (χ3n) is 5.41. The normalized spacial score (nSPS) is 14.2. The molecule has 0 aromatic heterocycles. The highest BCUT2D eigenvalue weighted by Crippen LogP contribution is 2.28. The predicted molar refractivity (Wildman–Crippen MR) is 147 cm³/mol. The van der Waals surface area contributed by atoms with Crippen LogP contribution in [0.1, 0.15) is 15.9 Å². The Morgan fingerprint density at radius 2 is 1.72 bits per heavy atom. The summed E-state index contributed by atoms with van der Waals surface area (Å²) in [5, 5.41) is 5.33. The first-order chi connectivity index (χ1) is 18.7. The van der Waals surface area contributed by atoms with Crippen molar-refractivity contribution in [2.45, 2.75) is 0 Å². The summed E-state index contributed by atoms with van der Waals surface area (Å²) in [5.74, 6) is -2.61. The molecule has 0 atom stereocenters. The number of amides is 5. The number of anilines is 2. The molecule has 5 amide bonds. The first-order valence-corrected chi connectivity index (χ1v) is 12.4. The number of halogens is 2. The van der Waals surface area contributed by atoms with Crippen molar-refractivity contribution in [2.75, 3.05) is 23.9 Å². The number of hydrogen-bond acceptors (Lipinski definition) is 7. The molecular formula is C27H19BrClN3O7. The summed E-state index contributed by atoms with van der Waals surface area (Å²) in [5.41, 5.74) is 0.833. The Labute approximate surface area is 235 Å². The van der Waals surface area contributed by atoms with Crippen molar-refractivity contribution in [3.05, 3.63) is 92.9 Å². The Hall–Kier alpha value is -4.48. The zero-order valence-corrected chi connectivity index (χ0v) is 22.5. The van der Waals surface area contributed by atoms with E-state index in [4.69, 9.17) is 16.3 Å². The average molecular weight is 613 g/mol. The maximum atomic E-state index is 13.3. The fourth-order valence-corrected chi connectivity index (χ4v) is 4.05. The van der Waals surface area contributed by atoms with Crippen LogP contribution in [0.2, 0.25) is 5.02 Å². The topological polar surface area (TPSA) is 131 Å². The van der Waals surface area contributed by atoms with Crippen LogP contribution < -0.4 is 20.3 Å². The lowest BCUT2D eigenvalue weighted by molar-refractivity contribution is -0.122. The lowest BCUT2D eigenvalue weighted by Gasteiger charge is -2.26. The second-order valence-corrected chi connectivity index (χ2v) is 9.37. The van der Waals surface area contributed by atoms with Crippen molar-refractivity contribution in [3.63, 3.8) is 0 Å². The predicted octanol–water partition coefficient (Wildman–Crippen LogP) is 4.57. The number of esters is 1. The van der Waals surface area contributed by atoms with Gasteiger partial charge in [0.2, 0.25) is 0 Å². The van der Waals surface area contributed by atoms with Gasteiger partial charge in [0, 0.05) is 20.7 Å². The first-order valence-electron chi connectivity index (χ1n) is 11.2. The minimum absolute atomic E-state index is 0.133. The number of nitrogens with zero attached hydrogens (tertiary/aromatic N) is 1. The van der Waals surface area contributed by atoms with Crippen LogP contribution in [-0.4, -0.2) is 43.4 Å². The van der Waals surface area contributed by atoms with Crippen LogP contribution in [0.25, 0.3) is 6.08 Å². The lowest BCUT2D eigenvalue weighted by Crippen LogP contribution is -2.54. The highest BCUT2D eigenvalue weighted by molar-refractivity contribution is 9.10. The molecule has 4 rings (SSSR count). The molecule has 2 N–H and O–H groups in total. The molecule has 12 heteroatoms. The number of barbiturate groups is 1. The number of hydrogen-bond donors (Lipinski definition) is 2. The van der Waals surface area contributed by atoms with E-state index in [1.807, 2.05) is 0 Å². The second kappa shape index (κ2) is 11.9. The molecule has 3 aromatic carbocycles. The summed E-state index contributed by atoms with van der Waals surface area (Å²) in [6.45, 7) is -0.363. The minimum atomic E-state index is -0.947. The lowest BCUT2D eigenvalue weighted by atomic mass is 10.1. The van der Waals surface area contributed by atoms with Gasteiger partial charge in [0.1, 0.15) is 11.3 Å².